The van der Waals surface area contributed by atoms with Gasteiger partial charge in [0.15, 0.2) is 0 Å². The third-order valence-corrected chi connectivity index (χ3v) is 4.07. The van der Waals surface area contributed by atoms with Crippen LogP contribution < -0.4 is 0 Å². The molecule has 0 radical (unpaired) electrons. The molecule has 114 valence electrons. The minimum absolute atomic E-state index is 0.730. The smallest absolute Gasteiger partial charge is 0.0991 e. The Balaban J connectivity index is 0.000000847. The second kappa shape index (κ2) is 7.77. The van der Waals surface area contributed by atoms with Crippen LogP contribution in [0.1, 0.15) is 41.7 Å². The number of aryl methyl sites for hydroxylation is 1. The maximum atomic E-state index is 8.82. The summed E-state index contributed by atoms with van der Waals surface area (Å²) in [7, 11) is 0. The van der Waals surface area contributed by atoms with E-state index in [1.807, 2.05) is 26.0 Å². The lowest BCUT2D eigenvalue weighted by Gasteiger charge is -2.29. The summed E-state index contributed by atoms with van der Waals surface area (Å²) in [6.07, 6.45) is 1.14. The molecule has 0 fully saturated rings. The van der Waals surface area contributed by atoms with E-state index in [0.29, 0.717) is 0 Å². The Morgan fingerprint density at radius 1 is 1.09 bits per heavy atom. The molecule has 0 N–H and O–H groups in total. The minimum atomic E-state index is 0.730. The average Bonchev–Trinajstić information content (AvgIpc) is 2.57. The molecule has 1 heterocycles. The molecule has 3 rings (SSSR count). The van der Waals surface area contributed by atoms with Crippen molar-refractivity contribution in [3.8, 4) is 6.07 Å². The topological polar surface area (TPSA) is 27.0 Å². The van der Waals surface area contributed by atoms with E-state index in [1.165, 1.54) is 22.3 Å². The quantitative estimate of drug-likeness (QED) is 0.817. The van der Waals surface area contributed by atoms with E-state index in [2.05, 4.69) is 48.2 Å². The number of nitriles is 1. The van der Waals surface area contributed by atoms with E-state index in [4.69, 9.17) is 5.26 Å². The van der Waals surface area contributed by atoms with Gasteiger partial charge in [0.2, 0.25) is 0 Å². The molecule has 0 bridgehead atoms. The molecule has 2 aromatic carbocycles. The lowest BCUT2D eigenvalue weighted by molar-refractivity contribution is 0.245. The van der Waals surface area contributed by atoms with E-state index in [1.54, 1.807) is 0 Å². The molecule has 0 unspecified atom stereocenters. The van der Waals surface area contributed by atoms with Crippen LogP contribution in [-0.2, 0) is 19.5 Å². The van der Waals surface area contributed by atoms with Gasteiger partial charge in [-0.3, -0.25) is 4.90 Å². The highest BCUT2D eigenvalue weighted by molar-refractivity contribution is 5.36. The van der Waals surface area contributed by atoms with Gasteiger partial charge in [-0.2, -0.15) is 5.26 Å². The Labute approximate surface area is 134 Å². The van der Waals surface area contributed by atoms with Gasteiger partial charge in [0.25, 0.3) is 0 Å². The summed E-state index contributed by atoms with van der Waals surface area (Å²) in [6, 6.07) is 16.7. The predicted molar refractivity (Wildman–Crippen MR) is 91.5 cm³/mol. The Kier molecular flexibility index (Phi) is 5.75. The predicted octanol–water partition coefficient (Wildman–Crippen LogP) is 4.45. The van der Waals surface area contributed by atoms with Crippen LogP contribution in [0.15, 0.2) is 42.5 Å². The summed E-state index contributed by atoms with van der Waals surface area (Å²) < 4.78 is 0. The summed E-state index contributed by atoms with van der Waals surface area (Å²) in [4.78, 5) is 2.48. The normalized spacial score (nSPS) is 13.5. The summed E-state index contributed by atoms with van der Waals surface area (Å²) in [5.41, 5.74) is 6.42. The van der Waals surface area contributed by atoms with Crippen LogP contribution in [0.3, 0.4) is 0 Å². The molecule has 0 saturated carbocycles. The Morgan fingerprint density at radius 3 is 2.50 bits per heavy atom. The van der Waals surface area contributed by atoms with Crippen molar-refractivity contribution in [3.63, 3.8) is 0 Å². The van der Waals surface area contributed by atoms with E-state index in [0.717, 1.165) is 31.6 Å². The van der Waals surface area contributed by atoms with Gasteiger partial charge >= 0.3 is 0 Å². The molecular weight excluding hydrogens is 268 g/mol. The van der Waals surface area contributed by atoms with Gasteiger partial charge in [0.05, 0.1) is 11.6 Å². The molecule has 0 aliphatic carbocycles. The Morgan fingerprint density at radius 2 is 1.82 bits per heavy atom. The van der Waals surface area contributed by atoms with Crippen LogP contribution in [0.4, 0.5) is 0 Å². The molecule has 22 heavy (non-hydrogen) atoms. The number of hydrogen-bond acceptors (Lipinski definition) is 2. The van der Waals surface area contributed by atoms with Gasteiger partial charge in [-0.15, -0.1) is 0 Å². The zero-order chi connectivity index (χ0) is 15.9. The summed E-state index contributed by atoms with van der Waals surface area (Å²) in [6.45, 7) is 9.29. The highest BCUT2D eigenvalue weighted by atomic mass is 15.1. The third kappa shape index (κ3) is 3.75. The molecule has 0 spiro atoms. The number of nitrogens with zero attached hydrogens (tertiary/aromatic N) is 2. The maximum absolute atomic E-state index is 8.82. The maximum Gasteiger partial charge on any atom is 0.0991 e. The molecule has 1 aliphatic rings. The zero-order valence-electron chi connectivity index (χ0n) is 13.8. The van der Waals surface area contributed by atoms with Crippen LogP contribution in [0.2, 0.25) is 0 Å². The Hall–Kier alpha value is -2.11. The zero-order valence-corrected chi connectivity index (χ0v) is 13.8. The number of rotatable bonds is 2. The van der Waals surface area contributed by atoms with Gasteiger partial charge < -0.3 is 0 Å². The lowest BCUT2D eigenvalue weighted by atomic mass is 9.95. The van der Waals surface area contributed by atoms with Crippen molar-refractivity contribution in [1.29, 1.82) is 5.26 Å². The summed E-state index contributed by atoms with van der Waals surface area (Å²) >= 11 is 0. The second-order valence-corrected chi connectivity index (χ2v) is 5.48. The van der Waals surface area contributed by atoms with E-state index in [-0.39, 0.29) is 0 Å². The lowest BCUT2D eigenvalue weighted by Crippen LogP contribution is -2.30. The van der Waals surface area contributed by atoms with Gasteiger partial charge in [-0.25, -0.2) is 0 Å². The minimum Gasteiger partial charge on any atom is -0.294 e. The second-order valence-electron chi connectivity index (χ2n) is 5.48. The van der Waals surface area contributed by atoms with Gasteiger partial charge in [0, 0.05) is 19.6 Å². The third-order valence-electron chi connectivity index (χ3n) is 4.07. The van der Waals surface area contributed by atoms with Crippen molar-refractivity contribution in [3.05, 3.63) is 70.3 Å². The van der Waals surface area contributed by atoms with E-state index < -0.39 is 0 Å². The first-order chi connectivity index (χ1) is 10.8. The first-order valence-corrected chi connectivity index (χ1v) is 8.05. The van der Waals surface area contributed by atoms with Crippen molar-refractivity contribution < 1.29 is 0 Å². The van der Waals surface area contributed by atoms with Crippen molar-refractivity contribution in [1.82, 2.24) is 4.90 Å². The van der Waals surface area contributed by atoms with Crippen LogP contribution in [0, 0.1) is 18.3 Å². The van der Waals surface area contributed by atoms with Crippen LogP contribution in [-0.4, -0.2) is 11.4 Å². The summed E-state index contributed by atoms with van der Waals surface area (Å²) in [5.74, 6) is 0. The average molecular weight is 292 g/mol. The molecule has 0 atom stereocenters. The molecule has 2 heteroatoms. The largest absolute Gasteiger partial charge is 0.294 e. The van der Waals surface area contributed by atoms with Crippen molar-refractivity contribution in [2.24, 2.45) is 0 Å². The molecule has 0 saturated heterocycles. The van der Waals surface area contributed by atoms with Crippen LogP contribution in [0.25, 0.3) is 0 Å². The fourth-order valence-corrected chi connectivity index (χ4v) is 2.94. The molecule has 1 aliphatic heterocycles. The molecular formula is C20H24N2. The van der Waals surface area contributed by atoms with Crippen molar-refractivity contribution in [2.75, 3.05) is 6.54 Å². The molecule has 2 aromatic rings. The fraction of sp³-hybridized carbons (Fsp3) is 0.350. The SMILES string of the molecule is CC.Cc1cccc2c1CCN(Cc1ccc(C#N)cc1)C2. The van der Waals surface area contributed by atoms with Gasteiger partial charge in [0.1, 0.15) is 0 Å². The van der Waals surface area contributed by atoms with E-state index in [9.17, 15) is 0 Å². The first kappa shape index (κ1) is 16.3. The van der Waals surface area contributed by atoms with Crippen LogP contribution >= 0.6 is 0 Å². The van der Waals surface area contributed by atoms with E-state index >= 15 is 0 Å². The number of fused-ring (bicyclic) bond motifs is 1. The van der Waals surface area contributed by atoms with Crippen molar-refractivity contribution >= 4 is 0 Å². The van der Waals surface area contributed by atoms with Gasteiger partial charge in [-0.05, 0) is 47.7 Å². The number of hydrogen-bond donors (Lipinski definition) is 0. The van der Waals surface area contributed by atoms with Crippen molar-refractivity contribution in [2.45, 2.75) is 40.3 Å². The summed E-state index contributed by atoms with van der Waals surface area (Å²) in [5, 5.41) is 8.82. The standard InChI is InChI=1S/C18H18N2.C2H6/c1-14-3-2-4-17-13-20(10-9-18(14)17)12-16-7-5-15(11-19)6-8-16;1-2/h2-8H,9-10,12-13H2,1H3;1-2H3. The number of benzene rings is 2. The Bertz CT molecular complexity index is 650. The molecule has 0 aromatic heterocycles. The monoisotopic (exact) mass is 292 g/mol. The first-order valence-electron chi connectivity index (χ1n) is 8.05. The molecule has 2 nitrogen and oxygen atoms in total. The van der Waals surface area contributed by atoms with Crippen LogP contribution in [0.5, 0.6) is 0 Å². The fourth-order valence-electron chi connectivity index (χ4n) is 2.94. The molecule has 0 amide bonds. The highest BCUT2D eigenvalue weighted by Gasteiger charge is 2.17. The van der Waals surface area contributed by atoms with Gasteiger partial charge in [-0.1, -0.05) is 44.2 Å². The highest BCUT2D eigenvalue weighted by Crippen LogP contribution is 2.23.